The summed E-state index contributed by atoms with van der Waals surface area (Å²) in [5.41, 5.74) is 6.78. The highest BCUT2D eigenvalue weighted by molar-refractivity contribution is 6.05. The summed E-state index contributed by atoms with van der Waals surface area (Å²) >= 11 is 0. The molecule has 1 amide bonds. The molecule has 0 fully saturated rings. The summed E-state index contributed by atoms with van der Waals surface area (Å²) in [7, 11) is 0. The standard InChI is InChI=1S/C29H24N2O3/c1-19-8-15-25-27(16-19)34-29(31-25)23-10-9-20(2)26(17-23)30-28(32)22-11-13-24(14-12-22)33-18-21-6-4-3-5-7-21/h3-17H,18H2,1-2H3,(H,30,32). The van der Waals surface area contributed by atoms with Crippen LogP contribution >= 0.6 is 0 Å². The molecule has 0 atom stereocenters. The number of nitrogens with one attached hydrogen (secondary N) is 1. The van der Waals surface area contributed by atoms with E-state index in [9.17, 15) is 4.79 Å². The van der Waals surface area contributed by atoms with Crippen molar-refractivity contribution < 1.29 is 13.9 Å². The quantitative estimate of drug-likeness (QED) is 0.305. The van der Waals surface area contributed by atoms with Crippen LogP contribution in [0.4, 0.5) is 5.69 Å². The zero-order chi connectivity index (χ0) is 23.5. The van der Waals surface area contributed by atoms with Crippen molar-refractivity contribution in [3.05, 3.63) is 113 Å². The second-order valence-corrected chi connectivity index (χ2v) is 8.27. The van der Waals surface area contributed by atoms with Crippen molar-refractivity contribution in [2.24, 2.45) is 0 Å². The fourth-order valence-electron chi connectivity index (χ4n) is 3.68. The summed E-state index contributed by atoms with van der Waals surface area (Å²) in [5, 5.41) is 3.01. The predicted molar refractivity (Wildman–Crippen MR) is 134 cm³/mol. The van der Waals surface area contributed by atoms with Gasteiger partial charge in [0.05, 0.1) is 0 Å². The van der Waals surface area contributed by atoms with Crippen LogP contribution in [0.5, 0.6) is 5.75 Å². The van der Waals surface area contributed by atoms with Gasteiger partial charge in [-0.15, -0.1) is 0 Å². The number of oxazole rings is 1. The Hall–Kier alpha value is -4.38. The Morgan fingerprint density at radius 1 is 0.912 bits per heavy atom. The minimum Gasteiger partial charge on any atom is -0.489 e. The summed E-state index contributed by atoms with van der Waals surface area (Å²) in [6.07, 6.45) is 0. The van der Waals surface area contributed by atoms with E-state index >= 15 is 0 Å². The molecule has 0 spiro atoms. The number of nitrogens with zero attached hydrogens (tertiary/aromatic N) is 1. The molecule has 0 bridgehead atoms. The van der Waals surface area contributed by atoms with Gasteiger partial charge in [0.15, 0.2) is 5.58 Å². The molecule has 0 unspecified atom stereocenters. The minimum atomic E-state index is -0.192. The van der Waals surface area contributed by atoms with Crippen molar-refractivity contribution in [2.75, 3.05) is 5.32 Å². The van der Waals surface area contributed by atoms with Crippen LogP contribution in [0.1, 0.15) is 27.0 Å². The van der Waals surface area contributed by atoms with Gasteiger partial charge in [0.25, 0.3) is 5.91 Å². The zero-order valence-electron chi connectivity index (χ0n) is 19.0. The van der Waals surface area contributed by atoms with E-state index in [-0.39, 0.29) is 5.91 Å². The number of hydrogen-bond donors (Lipinski definition) is 1. The van der Waals surface area contributed by atoms with Crippen LogP contribution in [0, 0.1) is 13.8 Å². The van der Waals surface area contributed by atoms with Gasteiger partial charge >= 0.3 is 0 Å². The van der Waals surface area contributed by atoms with Crippen molar-refractivity contribution in [1.29, 1.82) is 0 Å². The number of aryl methyl sites for hydroxylation is 2. The number of anilines is 1. The van der Waals surface area contributed by atoms with Crippen LogP contribution < -0.4 is 10.1 Å². The molecule has 1 N–H and O–H groups in total. The van der Waals surface area contributed by atoms with E-state index < -0.39 is 0 Å². The molecule has 0 radical (unpaired) electrons. The van der Waals surface area contributed by atoms with Crippen molar-refractivity contribution in [3.63, 3.8) is 0 Å². The van der Waals surface area contributed by atoms with E-state index in [0.717, 1.165) is 33.4 Å². The normalized spacial score (nSPS) is 10.9. The molecule has 1 heterocycles. The second-order valence-electron chi connectivity index (χ2n) is 8.27. The Labute approximate surface area is 198 Å². The Morgan fingerprint density at radius 2 is 1.71 bits per heavy atom. The Bertz CT molecular complexity index is 1450. The molecule has 0 saturated heterocycles. The average Bonchev–Trinajstić information content (AvgIpc) is 3.28. The largest absolute Gasteiger partial charge is 0.489 e. The lowest BCUT2D eigenvalue weighted by molar-refractivity contribution is 0.102. The molecule has 0 aliphatic rings. The molecule has 4 aromatic carbocycles. The van der Waals surface area contributed by atoms with E-state index in [0.29, 0.717) is 29.5 Å². The first kappa shape index (κ1) is 21.5. The zero-order valence-corrected chi connectivity index (χ0v) is 19.0. The number of carbonyl (C=O) groups excluding carboxylic acids is 1. The van der Waals surface area contributed by atoms with E-state index in [1.54, 1.807) is 24.3 Å². The lowest BCUT2D eigenvalue weighted by Crippen LogP contribution is -2.12. The number of aromatic nitrogens is 1. The van der Waals surface area contributed by atoms with Crippen LogP contribution in [0.2, 0.25) is 0 Å². The van der Waals surface area contributed by atoms with Gasteiger partial charge in [0, 0.05) is 16.8 Å². The number of fused-ring (bicyclic) bond motifs is 1. The molecule has 168 valence electrons. The van der Waals surface area contributed by atoms with Gasteiger partial charge in [-0.2, -0.15) is 0 Å². The number of benzene rings is 4. The molecule has 0 aliphatic carbocycles. The van der Waals surface area contributed by atoms with Crippen molar-refractivity contribution in [2.45, 2.75) is 20.5 Å². The van der Waals surface area contributed by atoms with Crippen LogP contribution in [0.25, 0.3) is 22.6 Å². The Morgan fingerprint density at radius 3 is 2.50 bits per heavy atom. The van der Waals surface area contributed by atoms with Gasteiger partial charge in [-0.3, -0.25) is 4.79 Å². The third kappa shape index (κ3) is 4.69. The SMILES string of the molecule is Cc1ccc2nc(-c3ccc(C)c(NC(=O)c4ccc(OCc5ccccc5)cc4)c3)oc2c1. The molecular formula is C29H24N2O3. The number of ether oxygens (including phenoxy) is 1. The van der Waals surface area contributed by atoms with Gasteiger partial charge in [0.1, 0.15) is 17.9 Å². The van der Waals surface area contributed by atoms with E-state index in [4.69, 9.17) is 9.15 Å². The summed E-state index contributed by atoms with van der Waals surface area (Å²) in [6, 6.07) is 28.8. The molecular weight excluding hydrogens is 424 g/mol. The van der Waals surface area contributed by atoms with Crippen molar-refractivity contribution in [1.82, 2.24) is 4.98 Å². The smallest absolute Gasteiger partial charge is 0.255 e. The molecule has 5 heteroatoms. The third-order valence-corrected chi connectivity index (χ3v) is 5.64. The van der Waals surface area contributed by atoms with Crippen molar-refractivity contribution in [3.8, 4) is 17.2 Å². The maximum Gasteiger partial charge on any atom is 0.255 e. The highest BCUT2D eigenvalue weighted by Crippen LogP contribution is 2.29. The third-order valence-electron chi connectivity index (χ3n) is 5.64. The highest BCUT2D eigenvalue weighted by Gasteiger charge is 2.13. The first-order chi connectivity index (χ1) is 16.5. The molecule has 5 aromatic rings. The molecule has 5 rings (SSSR count). The molecule has 1 aromatic heterocycles. The monoisotopic (exact) mass is 448 g/mol. The van der Waals surface area contributed by atoms with Crippen LogP contribution in [0.3, 0.4) is 0 Å². The van der Waals surface area contributed by atoms with Crippen LogP contribution in [0.15, 0.2) is 95.4 Å². The summed E-state index contributed by atoms with van der Waals surface area (Å²) in [5.74, 6) is 1.05. The minimum absolute atomic E-state index is 0.192. The predicted octanol–water partition coefficient (Wildman–Crippen LogP) is 6.94. The maximum absolute atomic E-state index is 12.9. The first-order valence-corrected chi connectivity index (χ1v) is 11.1. The molecule has 0 saturated carbocycles. The number of hydrogen-bond acceptors (Lipinski definition) is 4. The summed E-state index contributed by atoms with van der Waals surface area (Å²) in [4.78, 5) is 17.5. The summed E-state index contributed by atoms with van der Waals surface area (Å²) in [6.45, 7) is 4.45. The van der Waals surface area contributed by atoms with Crippen LogP contribution in [-0.2, 0) is 6.61 Å². The van der Waals surface area contributed by atoms with Gasteiger partial charge in [-0.25, -0.2) is 4.98 Å². The average molecular weight is 449 g/mol. The number of amides is 1. The maximum atomic E-state index is 12.9. The van der Waals surface area contributed by atoms with E-state index in [1.807, 2.05) is 80.6 Å². The fraction of sp³-hybridized carbons (Fsp3) is 0.103. The van der Waals surface area contributed by atoms with E-state index in [1.165, 1.54) is 0 Å². The molecule has 5 nitrogen and oxygen atoms in total. The molecule has 34 heavy (non-hydrogen) atoms. The van der Waals surface area contributed by atoms with E-state index in [2.05, 4.69) is 10.3 Å². The van der Waals surface area contributed by atoms with Gasteiger partial charge in [0.2, 0.25) is 5.89 Å². The highest BCUT2D eigenvalue weighted by atomic mass is 16.5. The summed E-state index contributed by atoms with van der Waals surface area (Å²) < 4.78 is 11.8. The number of rotatable bonds is 6. The Kier molecular flexibility index (Phi) is 5.83. The topological polar surface area (TPSA) is 64.4 Å². The van der Waals surface area contributed by atoms with Gasteiger partial charge in [-0.1, -0.05) is 42.5 Å². The fourth-order valence-corrected chi connectivity index (χ4v) is 3.68. The Balaban J connectivity index is 1.30. The first-order valence-electron chi connectivity index (χ1n) is 11.1. The molecule has 0 aliphatic heterocycles. The van der Waals surface area contributed by atoms with Crippen molar-refractivity contribution >= 4 is 22.7 Å². The lowest BCUT2D eigenvalue weighted by Gasteiger charge is -2.11. The lowest BCUT2D eigenvalue weighted by atomic mass is 10.1. The second kappa shape index (κ2) is 9.24. The number of carbonyl (C=O) groups is 1. The van der Waals surface area contributed by atoms with Crippen LogP contribution in [-0.4, -0.2) is 10.9 Å². The van der Waals surface area contributed by atoms with Gasteiger partial charge < -0.3 is 14.5 Å². The van der Waals surface area contributed by atoms with Gasteiger partial charge in [-0.05, 0) is 79.1 Å².